The summed E-state index contributed by atoms with van der Waals surface area (Å²) in [6.07, 6.45) is 7.95. The summed E-state index contributed by atoms with van der Waals surface area (Å²) < 4.78 is 0. The van der Waals surface area contributed by atoms with E-state index in [1.54, 1.807) is 0 Å². The molecule has 0 saturated carbocycles. The second kappa shape index (κ2) is 11.6. The first kappa shape index (κ1) is 12.5. The van der Waals surface area contributed by atoms with Crippen molar-refractivity contribution in [2.45, 2.75) is 33.1 Å². The number of rotatable bonds is 5. The third-order valence-electron chi connectivity index (χ3n) is 1.21. The Bertz CT molecular complexity index is 71.7. The lowest BCUT2D eigenvalue weighted by Crippen LogP contribution is -2.05. The first-order valence-corrected chi connectivity index (χ1v) is 3.76. The molecule has 0 spiro atoms. The molecular formula is C8H18ClN. The van der Waals surface area contributed by atoms with Crippen LogP contribution in [0.15, 0.2) is 12.3 Å². The zero-order valence-electron chi connectivity index (χ0n) is 6.89. The van der Waals surface area contributed by atoms with Crippen molar-refractivity contribution in [2.24, 2.45) is 0 Å². The zero-order chi connectivity index (χ0) is 6.95. The number of hydrogen-bond donors (Lipinski definition) is 1. The highest BCUT2D eigenvalue weighted by molar-refractivity contribution is 5.85. The largest absolute Gasteiger partial charge is 0.391 e. The second-order valence-corrected chi connectivity index (χ2v) is 2.16. The van der Waals surface area contributed by atoms with Gasteiger partial charge in [-0.15, -0.1) is 12.4 Å². The minimum absolute atomic E-state index is 0. The molecule has 0 aromatic rings. The number of unbranched alkanes of at least 4 members (excludes halogenated alkanes) is 2. The molecule has 1 N–H and O–H groups in total. The van der Waals surface area contributed by atoms with Gasteiger partial charge in [-0.05, 0) is 19.5 Å². The lowest BCUT2D eigenvalue weighted by molar-refractivity contribution is 0.683. The van der Waals surface area contributed by atoms with E-state index >= 15 is 0 Å². The normalized spacial score (nSPS) is 9.40. The molecular weight excluding hydrogens is 146 g/mol. The van der Waals surface area contributed by atoms with Gasteiger partial charge in [0.2, 0.25) is 0 Å². The highest BCUT2D eigenvalue weighted by Crippen LogP contribution is 1.90. The molecule has 0 heterocycles. The van der Waals surface area contributed by atoms with Crippen molar-refractivity contribution in [3.05, 3.63) is 12.3 Å². The Kier molecular flexibility index (Phi) is 14.5. The molecule has 0 aromatic carbocycles. The lowest BCUT2D eigenvalue weighted by atomic mass is 10.2. The molecule has 0 unspecified atom stereocenters. The maximum Gasteiger partial charge on any atom is 0.0141 e. The molecule has 0 aliphatic carbocycles. The Balaban J connectivity index is 0. The van der Waals surface area contributed by atoms with Gasteiger partial charge < -0.3 is 5.32 Å². The molecule has 2 heteroatoms. The molecule has 0 saturated heterocycles. The van der Waals surface area contributed by atoms with Crippen molar-refractivity contribution in [1.29, 1.82) is 0 Å². The van der Waals surface area contributed by atoms with Crippen LogP contribution in [0.3, 0.4) is 0 Å². The van der Waals surface area contributed by atoms with Gasteiger partial charge >= 0.3 is 0 Å². The summed E-state index contributed by atoms with van der Waals surface area (Å²) in [5, 5.41) is 3.19. The predicted octanol–water partition coefficient (Wildman–Crippen LogP) is 2.72. The van der Waals surface area contributed by atoms with E-state index in [0.717, 1.165) is 6.54 Å². The van der Waals surface area contributed by atoms with Crippen LogP contribution in [-0.2, 0) is 0 Å². The third kappa shape index (κ3) is 10.7. The Morgan fingerprint density at radius 3 is 2.50 bits per heavy atom. The van der Waals surface area contributed by atoms with E-state index in [2.05, 4.69) is 12.2 Å². The van der Waals surface area contributed by atoms with E-state index < -0.39 is 0 Å². The number of halogens is 1. The molecule has 0 aromatic heterocycles. The summed E-state index contributed by atoms with van der Waals surface area (Å²) in [6, 6.07) is 0. The molecule has 0 aliphatic heterocycles. The van der Waals surface area contributed by atoms with Gasteiger partial charge in [-0.25, -0.2) is 0 Å². The van der Waals surface area contributed by atoms with Crippen LogP contribution >= 0.6 is 12.4 Å². The van der Waals surface area contributed by atoms with E-state index in [0.29, 0.717) is 0 Å². The fourth-order valence-electron chi connectivity index (χ4n) is 0.678. The van der Waals surface area contributed by atoms with Crippen LogP contribution in [0, 0.1) is 0 Å². The van der Waals surface area contributed by atoms with Crippen LogP contribution in [-0.4, -0.2) is 6.54 Å². The Morgan fingerprint density at radius 2 is 2.00 bits per heavy atom. The molecule has 10 heavy (non-hydrogen) atoms. The Labute approximate surface area is 70.3 Å². The predicted molar refractivity (Wildman–Crippen MR) is 49.6 cm³/mol. The number of hydrogen-bond acceptors (Lipinski definition) is 1. The Morgan fingerprint density at radius 1 is 1.30 bits per heavy atom. The fourth-order valence-corrected chi connectivity index (χ4v) is 0.678. The topological polar surface area (TPSA) is 12.0 Å². The standard InChI is InChI=1S/C8H17N.ClH/c1-3-5-6-8-9-7-4-2;/h4,7,9H,3,5-6,8H2,1-2H3;1H/b7-4-;. The van der Waals surface area contributed by atoms with Gasteiger partial charge in [0, 0.05) is 6.54 Å². The van der Waals surface area contributed by atoms with Gasteiger partial charge in [0.05, 0.1) is 0 Å². The minimum atomic E-state index is 0. The van der Waals surface area contributed by atoms with E-state index in [9.17, 15) is 0 Å². The molecule has 0 bridgehead atoms. The molecule has 0 rings (SSSR count). The fraction of sp³-hybridized carbons (Fsp3) is 0.750. The van der Waals surface area contributed by atoms with Crippen LogP contribution in [0.1, 0.15) is 33.1 Å². The van der Waals surface area contributed by atoms with Crippen LogP contribution in [0.2, 0.25) is 0 Å². The number of allylic oxidation sites excluding steroid dienone is 1. The molecule has 1 nitrogen and oxygen atoms in total. The monoisotopic (exact) mass is 163 g/mol. The van der Waals surface area contributed by atoms with Crippen molar-refractivity contribution in [3.8, 4) is 0 Å². The van der Waals surface area contributed by atoms with Gasteiger partial charge in [-0.3, -0.25) is 0 Å². The smallest absolute Gasteiger partial charge is 0.0141 e. The molecule has 0 amide bonds. The lowest BCUT2D eigenvalue weighted by Gasteiger charge is -1.96. The van der Waals surface area contributed by atoms with Crippen molar-refractivity contribution < 1.29 is 0 Å². The van der Waals surface area contributed by atoms with Crippen LogP contribution in [0.5, 0.6) is 0 Å². The first-order valence-electron chi connectivity index (χ1n) is 3.76. The molecule has 0 radical (unpaired) electrons. The van der Waals surface area contributed by atoms with E-state index in [1.807, 2.05) is 19.2 Å². The van der Waals surface area contributed by atoms with Gasteiger partial charge in [-0.1, -0.05) is 25.8 Å². The molecule has 0 aliphatic rings. The SMILES string of the molecule is C/C=C\NCCCCC.Cl. The van der Waals surface area contributed by atoms with Crippen LogP contribution < -0.4 is 5.32 Å². The van der Waals surface area contributed by atoms with Gasteiger partial charge in [0.25, 0.3) is 0 Å². The summed E-state index contributed by atoms with van der Waals surface area (Å²) in [7, 11) is 0. The van der Waals surface area contributed by atoms with Crippen molar-refractivity contribution in [1.82, 2.24) is 5.32 Å². The van der Waals surface area contributed by atoms with Crippen molar-refractivity contribution in [3.63, 3.8) is 0 Å². The van der Waals surface area contributed by atoms with Crippen molar-refractivity contribution in [2.75, 3.05) is 6.54 Å². The summed E-state index contributed by atoms with van der Waals surface area (Å²) >= 11 is 0. The highest BCUT2D eigenvalue weighted by Gasteiger charge is 1.80. The number of nitrogens with one attached hydrogen (secondary N) is 1. The summed E-state index contributed by atoms with van der Waals surface area (Å²) in [5.74, 6) is 0. The van der Waals surface area contributed by atoms with E-state index in [-0.39, 0.29) is 12.4 Å². The maximum absolute atomic E-state index is 3.19. The van der Waals surface area contributed by atoms with Gasteiger partial charge in [-0.2, -0.15) is 0 Å². The maximum atomic E-state index is 3.19. The minimum Gasteiger partial charge on any atom is -0.391 e. The van der Waals surface area contributed by atoms with E-state index in [1.165, 1.54) is 19.3 Å². The first-order chi connectivity index (χ1) is 4.41. The molecule has 0 atom stereocenters. The zero-order valence-corrected chi connectivity index (χ0v) is 7.71. The third-order valence-corrected chi connectivity index (χ3v) is 1.21. The van der Waals surface area contributed by atoms with Gasteiger partial charge in [0.1, 0.15) is 0 Å². The Hall–Kier alpha value is -0.170. The second-order valence-electron chi connectivity index (χ2n) is 2.16. The highest BCUT2D eigenvalue weighted by atomic mass is 35.5. The average molecular weight is 164 g/mol. The van der Waals surface area contributed by atoms with Crippen LogP contribution in [0.25, 0.3) is 0 Å². The summed E-state index contributed by atoms with van der Waals surface area (Å²) in [4.78, 5) is 0. The molecule has 62 valence electrons. The summed E-state index contributed by atoms with van der Waals surface area (Å²) in [6.45, 7) is 5.36. The van der Waals surface area contributed by atoms with Crippen LogP contribution in [0.4, 0.5) is 0 Å². The molecule has 0 fully saturated rings. The summed E-state index contributed by atoms with van der Waals surface area (Å²) in [5.41, 5.74) is 0. The quantitative estimate of drug-likeness (QED) is 0.615. The van der Waals surface area contributed by atoms with Gasteiger partial charge in [0.15, 0.2) is 0 Å². The van der Waals surface area contributed by atoms with Crippen molar-refractivity contribution >= 4 is 12.4 Å². The average Bonchev–Trinajstić information content (AvgIpc) is 1.89. The van der Waals surface area contributed by atoms with E-state index in [4.69, 9.17) is 0 Å².